The summed E-state index contributed by atoms with van der Waals surface area (Å²) in [6, 6.07) is 13.8. The van der Waals surface area contributed by atoms with Crippen LogP contribution in [-0.4, -0.2) is 20.9 Å². The highest BCUT2D eigenvalue weighted by molar-refractivity contribution is 7.89. The number of primary sulfonamides is 1. The zero-order chi connectivity index (χ0) is 18.7. The highest BCUT2D eigenvalue weighted by atomic mass is 35.5. The molecule has 1 fully saturated rings. The zero-order valence-corrected chi connectivity index (χ0v) is 15.8. The Balaban J connectivity index is 1.58. The van der Waals surface area contributed by atoms with Crippen LogP contribution in [0.25, 0.3) is 0 Å². The molecule has 0 aliphatic heterocycles. The van der Waals surface area contributed by atoms with E-state index in [1.165, 1.54) is 12.1 Å². The normalized spacial score (nSPS) is 15.5. The summed E-state index contributed by atoms with van der Waals surface area (Å²) in [5, 5.41) is 8.74. The van der Waals surface area contributed by atoms with Gasteiger partial charge in [0.25, 0.3) is 0 Å². The van der Waals surface area contributed by atoms with Gasteiger partial charge in [0, 0.05) is 11.6 Å². The van der Waals surface area contributed by atoms with E-state index in [2.05, 4.69) is 5.32 Å². The Kier molecular flexibility index (Phi) is 5.65. The summed E-state index contributed by atoms with van der Waals surface area (Å²) in [5.41, 5.74) is 1.93. The molecule has 2 aromatic rings. The van der Waals surface area contributed by atoms with E-state index in [4.69, 9.17) is 16.7 Å². The van der Waals surface area contributed by atoms with Crippen LogP contribution in [0.1, 0.15) is 29.9 Å². The predicted octanol–water partition coefficient (Wildman–Crippen LogP) is 2.84. The third-order valence-electron chi connectivity index (χ3n) is 4.57. The number of hydrogen-bond donors (Lipinski definition) is 2. The van der Waals surface area contributed by atoms with Crippen molar-refractivity contribution in [1.29, 1.82) is 0 Å². The molecule has 3 N–H and O–H groups in total. The second-order valence-corrected chi connectivity index (χ2v) is 8.59. The number of halogens is 1. The lowest BCUT2D eigenvalue weighted by atomic mass is 9.93. The molecule has 0 aromatic heterocycles. The molecule has 1 aliphatic rings. The highest BCUT2D eigenvalue weighted by Gasteiger charge is 2.37. The largest absolute Gasteiger partial charge is 0.355 e. The molecule has 138 valence electrons. The third kappa shape index (κ3) is 4.84. The summed E-state index contributed by atoms with van der Waals surface area (Å²) in [4.78, 5) is 12.7. The molecule has 26 heavy (non-hydrogen) atoms. The molecular weight excluding hydrogens is 372 g/mol. The molecule has 0 radical (unpaired) electrons. The average molecular weight is 393 g/mol. The number of nitrogens with two attached hydrogens (primary N) is 1. The maximum atomic E-state index is 12.6. The van der Waals surface area contributed by atoms with Crippen LogP contribution in [0.3, 0.4) is 0 Å². The summed E-state index contributed by atoms with van der Waals surface area (Å²) in [5.74, 6) is 0.276. The fraction of sp³-hybridized carbons (Fsp3) is 0.316. The topological polar surface area (TPSA) is 89.3 Å². The Labute approximate surface area is 158 Å². The number of nitrogens with one attached hydrogen (secondary N) is 1. The van der Waals surface area contributed by atoms with E-state index in [1.807, 2.05) is 24.3 Å². The minimum absolute atomic E-state index is 0.0241. The lowest BCUT2D eigenvalue weighted by molar-refractivity contribution is -0.123. The van der Waals surface area contributed by atoms with Gasteiger partial charge >= 0.3 is 0 Å². The monoisotopic (exact) mass is 392 g/mol. The number of sulfonamides is 1. The SMILES string of the molecule is NS(=O)(=O)c1ccc(CCNC(=O)C(c2ccc(Cl)cc2)C2CC2)cc1. The molecule has 5 nitrogen and oxygen atoms in total. The predicted molar refractivity (Wildman–Crippen MR) is 101 cm³/mol. The van der Waals surface area contributed by atoms with Crippen molar-refractivity contribution in [2.24, 2.45) is 11.1 Å². The smallest absolute Gasteiger partial charge is 0.238 e. The maximum Gasteiger partial charge on any atom is 0.238 e. The van der Waals surface area contributed by atoms with E-state index >= 15 is 0 Å². The van der Waals surface area contributed by atoms with Crippen molar-refractivity contribution >= 4 is 27.5 Å². The van der Waals surface area contributed by atoms with E-state index in [1.54, 1.807) is 12.1 Å². The average Bonchev–Trinajstić information content (AvgIpc) is 3.41. The Morgan fingerprint density at radius 2 is 1.73 bits per heavy atom. The van der Waals surface area contributed by atoms with E-state index in [0.717, 1.165) is 24.0 Å². The van der Waals surface area contributed by atoms with Crippen LogP contribution in [-0.2, 0) is 21.2 Å². The molecule has 1 amide bonds. The Bertz CT molecular complexity index is 876. The van der Waals surface area contributed by atoms with Gasteiger partial charge in [-0.25, -0.2) is 13.6 Å². The Hall–Kier alpha value is -1.89. The van der Waals surface area contributed by atoms with E-state index in [9.17, 15) is 13.2 Å². The molecule has 0 bridgehead atoms. The molecule has 0 spiro atoms. The summed E-state index contributed by atoms with van der Waals surface area (Å²) < 4.78 is 22.5. The van der Waals surface area contributed by atoms with Crippen molar-refractivity contribution in [2.45, 2.75) is 30.1 Å². The quantitative estimate of drug-likeness (QED) is 0.759. The molecule has 7 heteroatoms. The van der Waals surface area contributed by atoms with Crippen molar-refractivity contribution in [1.82, 2.24) is 5.32 Å². The van der Waals surface area contributed by atoms with Crippen LogP contribution >= 0.6 is 11.6 Å². The molecule has 2 aromatic carbocycles. The highest BCUT2D eigenvalue weighted by Crippen LogP contribution is 2.42. The van der Waals surface area contributed by atoms with Gasteiger partial charge in [0.05, 0.1) is 10.8 Å². The number of amides is 1. The minimum atomic E-state index is -3.68. The van der Waals surface area contributed by atoms with Gasteiger partial charge in [-0.2, -0.15) is 0 Å². The van der Waals surface area contributed by atoms with Gasteiger partial charge in [0.1, 0.15) is 0 Å². The van der Waals surface area contributed by atoms with Gasteiger partial charge in [-0.15, -0.1) is 0 Å². The van der Waals surface area contributed by atoms with Crippen molar-refractivity contribution in [3.05, 3.63) is 64.7 Å². The van der Waals surface area contributed by atoms with Crippen LogP contribution in [0.15, 0.2) is 53.4 Å². The number of benzene rings is 2. The van der Waals surface area contributed by atoms with Gasteiger partial charge in [0.15, 0.2) is 0 Å². The van der Waals surface area contributed by atoms with Crippen LogP contribution in [0.5, 0.6) is 0 Å². The first-order valence-corrected chi connectivity index (χ1v) is 10.4. The minimum Gasteiger partial charge on any atom is -0.355 e. The van der Waals surface area contributed by atoms with E-state index < -0.39 is 10.0 Å². The van der Waals surface area contributed by atoms with Gasteiger partial charge < -0.3 is 5.32 Å². The first-order chi connectivity index (χ1) is 12.3. The second kappa shape index (κ2) is 7.78. The van der Waals surface area contributed by atoms with Crippen molar-refractivity contribution in [3.63, 3.8) is 0 Å². The van der Waals surface area contributed by atoms with Crippen LogP contribution in [0.2, 0.25) is 5.02 Å². The summed E-state index contributed by atoms with van der Waals surface area (Å²) >= 11 is 5.94. The molecule has 0 saturated heterocycles. The van der Waals surface area contributed by atoms with E-state index in [-0.39, 0.29) is 16.7 Å². The first-order valence-electron chi connectivity index (χ1n) is 8.49. The summed E-state index contributed by atoms with van der Waals surface area (Å²) in [6.07, 6.45) is 2.75. The van der Waals surface area contributed by atoms with Gasteiger partial charge in [-0.3, -0.25) is 4.79 Å². The number of carbonyl (C=O) groups excluding carboxylic acids is 1. The Morgan fingerprint density at radius 3 is 2.27 bits per heavy atom. The number of rotatable bonds is 7. The molecule has 1 saturated carbocycles. The van der Waals surface area contributed by atoms with Crippen LogP contribution in [0.4, 0.5) is 0 Å². The molecule has 1 aliphatic carbocycles. The molecule has 1 unspecified atom stereocenters. The van der Waals surface area contributed by atoms with Gasteiger partial charge in [-0.05, 0) is 60.6 Å². The van der Waals surface area contributed by atoms with Crippen molar-refractivity contribution in [3.8, 4) is 0 Å². The van der Waals surface area contributed by atoms with E-state index in [0.29, 0.717) is 23.9 Å². The third-order valence-corrected chi connectivity index (χ3v) is 5.75. The maximum absolute atomic E-state index is 12.6. The number of hydrogen-bond acceptors (Lipinski definition) is 3. The lowest BCUT2D eigenvalue weighted by Crippen LogP contribution is -2.32. The lowest BCUT2D eigenvalue weighted by Gasteiger charge is -2.17. The standard InChI is InChI=1S/C19H21ClN2O3S/c20-16-7-5-15(6-8-16)18(14-3-4-14)19(23)22-12-11-13-1-9-17(10-2-13)26(21,24)25/h1-2,5-10,14,18H,3-4,11-12H2,(H,22,23)(H2,21,24,25). The first kappa shape index (κ1) is 18.9. The molecular formula is C19H21ClN2O3S. The fourth-order valence-corrected chi connectivity index (χ4v) is 3.66. The zero-order valence-electron chi connectivity index (χ0n) is 14.2. The van der Waals surface area contributed by atoms with Crippen molar-refractivity contribution in [2.75, 3.05) is 6.54 Å². The molecule has 3 rings (SSSR count). The molecule has 0 heterocycles. The summed E-state index contributed by atoms with van der Waals surface area (Å²) in [7, 11) is -3.68. The van der Waals surface area contributed by atoms with Crippen molar-refractivity contribution < 1.29 is 13.2 Å². The fourth-order valence-electron chi connectivity index (χ4n) is 3.02. The van der Waals surface area contributed by atoms with Gasteiger partial charge in [-0.1, -0.05) is 35.9 Å². The second-order valence-electron chi connectivity index (χ2n) is 6.60. The van der Waals surface area contributed by atoms with Crippen LogP contribution < -0.4 is 10.5 Å². The van der Waals surface area contributed by atoms with Crippen LogP contribution in [0, 0.1) is 5.92 Å². The Morgan fingerprint density at radius 1 is 1.12 bits per heavy atom. The number of carbonyl (C=O) groups is 1. The molecule has 1 atom stereocenters. The van der Waals surface area contributed by atoms with Gasteiger partial charge in [0.2, 0.25) is 15.9 Å². The summed E-state index contributed by atoms with van der Waals surface area (Å²) in [6.45, 7) is 0.490.